The lowest BCUT2D eigenvalue weighted by Crippen LogP contribution is -2.35. The summed E-state index contributed by atoms with van der Waals surface area (Å²) in [6.07, 6.45) is 0. The maximum atomic E-state index is 12.9. The summed E-state index contributed by atoms with van der Waals surface area (Å²) in [6.45, 7) is -0.415. The van der Waals surface area contributed by atoms with Gasteiger partial charge in [-0.1, -0.05) is 23.7 Å². The van der Waals surface area contributed by atoms with Crippen LogP contribution in [-0.2, 0) is 9.84 Å². The van der Waals surface area contributed by atoms with Crippen molar-refractivity contribution in [2.24, 2.45) is 5.73 Å². The Morgan fingerprint density at radius 3 is 2.25 bits per heavy atom. The second-order valence-corrected chi connectivity index (χ2v) is 8.45. The molecule has 0 unspecified atom stereocenters. The van der Waals surface area contributed by atoms with Gasteiger partial charge in [0.05, 0.1) is 29.4 Å². The standard InChI is InChI=1S/C17H18ClNO4S/c1-23-13-6-2-11(3-7-13)15-16(17(15,19)10-20)24(21,22)14-8-4-12(18)5-9-14/h2-9,15-16,20H,10,19H2,1H3/t15-,16-,17+/m0/s1. The molecule has 1 fully saturated rings. The van der Waals surface area contributed by atoms with Gasteiger partial charge in [0.25, 0.3) is 0 Å². The summed E-state index contributed by atoms with van der Waals surface area (Å²) in [6, 6.07) is 13.0. The lowest BCUT2D eigenvalue weighted by Gasteiger charge is -2.08. The van der Waals surface area contributed by atoms with Gasteiger partial charge >= 0.3 is 0 Å². The van der Waals surface area contributed by atoms with Gasteiger partial charge in [-0.25, -0.2) is 8.42 Å². The lowest BCUT2D eigenvalue weighted by molar-refractivity contribution is 0.253. The van der Waals surface area contributed by atoms with Crippen molar-refractivity contribution in [2.45, 2.75) is 21.6 Å². The molecule has 3 rings (SSSR count). The Morgan fingerprint density at radius 1 is 1.17 bits per heavy atom. The molecule has 1 aliphatic rings. The van der Waals surface area contributed by atoms with Crippen molar-refractivity contribution in [2.75, 3.05) is 13.7 Å². The van der Waals surface area contributed by atoms with Gasteiger partial charge in [0.2, 0.25) is 0 Å². The maximum Gasteiger partial charge on any atom is 0.183 e. The normalized spacial score (nSPS) is 26.2. The number of aliphatic hydroxyl groups is 1. The van der Waals surface area contributed by atoms with Gasteiger partial charge < -0.3 is 15.6 Å². The first-order valence-electron chi connectivity index (χ1n) is 7.38. The number of benzene rings is 2. The number of sulfone groups is 1. The quantitative estimate of drug-likeness (QED) is 0.843. The first-order valence-corrected chi connectivity index (χ1v) is 9.30. The van der Waals surface area contributed by atoms with Crippen molar-refractivity contribution in [1.82, 2.24) is 0 Å². The predicted molar refractivity (Wildman–Crippen MR) is 92.2 cm³/mol. The highest BCUT2D eigenvalue weighted by Gasteiger charge is 2.69. The van der Waals surface area contributed by atoms with Crippen molar-refractivity contribution in [1.29, 1.82) is 0 Å². The second-order valence-electron chi connectivity index (χ2n) is 5.94. The van der Waals surface area contributed by atoms with Crippen LogP contribution in [-0.4, -0.2) is 38.0 Å². The molecule has 24 heavy (non-hydrogen) atoms. The number of halogens is 1. The van der Waals surface area contributed by atoms with Gasteiger partial charge in [0.1, 0.15) is 5.75 Å². The predicted octanol–water partition coefficient (Wildman–Crippen LogP) is 1.98. The molecule has 0 aromatic heterocycles. The molecule has 2 aromatic rings. The van der Waals surface area contributed by atoms with Crippen LogP contribution in [0.2, 0.25) is 5.02 Å². The number of rotatable bonds is 5. The summed E-state index contributed by atoms with van der Waals surface area (Å²) in [4.78, 5) is 0.149. The third kappa shape index (κ3) is 2.69. The summed E-state index contributed by atoms with van der Waals surface area (Å²) < 4.78 is 31.0. The lowest BCUT2D eigenvalue weighted by atomic mass is 10.1. The van der Waals surface area contributed by atoms with Gasteiger partial charge in [-0.3, -0.25) is 0 Å². The van der Waals surface area contributed by atoms with E-state index in [1.165, 1.54) is 24.3 Å². The molecule has 5 nitrogen and oxygen atoms in total. The van der Waals surface area contributed by atoms with Crippen LogP contribution in [0.1, 0.15) is 11.5 Å². The smallest absolute Gasteiger partial charge is 0.183 e. The Balaban J connectivity index is 1.98. The third-order valence-corrected chi connectivity index (χ3v) is 7.09. The average Bonchev–Trinajstić information content (AvgIpc) is 3.23. The Labute approximate surface area is 145 Å². The molecule has 0 saturated heterocycles. The van der Waals surface area contributed by atoms with E-state index in [-0.39, 0.29) is 4.90 Å². The van der Waals surface area contributed by atoms with E-state index in [2.05, 4.69) is 0 Å². The zero-order valence-electron chi connectivity index (χ0n) is 13.0. The summed E-state index contributed by atoms with van der Waals surface area (Å²) in [5.74, 6) is 0.192. The first kappa shape index (κ1) is 17.2. The maximum absolute atomic E-state index is 12.9. The largest absolute Gasteiger partial charge is 0.497 e. The van der Waals surface area contributed by atoms with Crippen LogP contribution in [0, 0.1) is 0 Å². The number of hydrogen-bond acceptors (Lipinski definition) is 5. The third-order valence-electron chi connectivity index (χ3n) is 4.53. The summed E-state index contributed by atoms with van der Waals surface area (Å²) >= 11 is 5.82. The van der Waals surface area contributed by atoms with Gasteiger partial charge in [-0.05, 0) is 42.0 Å². The Morgan fingerprint density at radius 2 is 1.75 bits per heavy atom. The number of nitrogens with two attached hydrogens (primary N) is 1. The molecule has 0 spiro atoms. The van der Waals surface area contributed by atoms with Gasteiger partial charge in [0, 0.05) is 10.9 Å². The van der Waals surface area contributed by atoms with Crippen molar-refractivity contribution < 1.29 is 18.3 Å². The molecule has 7 heteroatoms. The number of aliphatic hydroxyl groups excluding tert-OH is 1. The van der Waals surface area contributed by atoms with Crippen LogP contribution >= 0.6 is 11.6 Å². The van der Waals surface area contributed by atoms with Crippen LogP contribution in [0.4, 0.5) is 0 Å². The van der Waals surface area contributed by atoms with Gasteiger partial charge in [-0.15, -0.1) is 0 Å². The molecule has 0 amide bonds. The second kappa shape index (κ2) is 6.04. The molecule has 1 aliphatic carbocycles. The minimum absolute atomic E-state index is 0.149. The fourth-order valence-corrected chi connectivity index (χ4v) is 5.57. The van der Waals surface area contributed by atoms with E-state index < -0.39 is 33.2 Å². The van der Waals surface area contributed by atoms with E-state index >= 15 is 0 Å². The van der Waals surface area contributed by atoms with E-state index in [0.717, 1.165) is 5.56 Å². The average molecular weight is 368 g/mol. The van der Waals surface area contributed by atoms with Crippen molar-refractivity contribution in [3.63, 3.8) is 0 Å². The number of methoxy groups -OCH3 is 1. The van der Waals surface area contributed by atoms with Crippen LogP contribution in [0.25, 0.3) is 0 Å². The summed E-state index contributed by atoms with van der Waals surface area (Å²) in [5, 5.41) is 9.26. The minimum atomic E-state index is -3.69. The summed E-state index contributed by atoms with van der Waals surface area (Å²) in [5.41, 5.74) is 5.76. The van der Waals surface area contributed by atoms with Crippen molar-refractivity contribution in [3.05, 3.63) is 59.1 Å². The molecule has 0 heterocycles. The Kier molecular flexibility index (Phi) is 4.34. The highest BCUT2D eigenvalue weighted by atomic mass is 35.5. The van der Waals surface area contributed by atoms with Crippen LogP contribution in [0.3, 0.4) is 0 Å². The van der Waals surface area contributed by atoms with E-state index in [9.17, 15) is 13.5 Å². The number of ether oxygens (including phenoxy) is 1. The minimum Gasteiger partial charge on any atom is -0.497 e. The van der Waals surface area contributed by atoms with E-state index in [4.69, 9.17) is 22.1 Å². The molecule has 128 valence electrons. The topological polar surface area (TPSA) is 89.6 Å². The monoisotopic (exact) mass is 367 g/mol. The zero-order chi connectivity index (χ0) is 17.5. The molecule has 3 N–H and O–H groups in total. The van der Waals surface area contributed by atoms with Crippen LogP contribution in [0.5, 0.6) is 5.75 Å². The van der Waals surface area contributed by atoms with E-state index in [1.54, 1.807) is 31.4 Å². The highest BCUT2D eigenvalue weighted by Crippen LogP contribution is 2.55. The van der Waals surface area contributed by atoms with Gasteiger partial charge in [-0.2, -0.15) is 0 Å². The molecular formula is C17H18ClNO4S. The molecule has 0 bridgehead atoms. The van der Waals surface area contributed by atoms with Crippen LogP contribution < -0.4 is 10.5 Å². The molecule has 1 saturated carbocycles. The first-order chi connectivity index (χ1) is 11.3. The van der Waals surface area contributed by atoms with Crippen LogP contribution in [0.15, 0.2) is 53.4 Å². The zero-order valence-corrected chi connectivity index (χ0v) is 14.6. The molecule has 0 aliphatic heterocycles. The fraction of sp³-hybridized carbons (Fsp3) is 0.294. The number of hydrogen-bond donors (Lipinski definition) is 2. The van der Waals surface area contributed by atoms with E-state index in [1.807, 2.05) is 0 Å². The molecule has 2 aromatic carbocycles. The van der Waals surface area contributed by atoms with Crippen molar-refractivity contribution in [3.8, 4) is 5.75 Å². The SMILES string of the molecule is COc1ccc([C@H]2[C@H](S(=O)(=O)c3ccc(Cl)cc3)[C@@]2(N)CO)cc1. The van der Waals surface area contributed by atoms with E-state index in [0.29, 0.717) is 10.8 Å². The highest BCUT2D eigenvalue weighted by molar-refractivity contribution is 7.92. The summed E-state index contributed by atoms with van der Waals surface area (Å²) in [7, 11) is -2.13. The molecule has 0 radical (unpaired) electrons. The fourth-order valence-electron chi connectivity index (χ4n) is 3.15. The Bertz CT molecular complexity index is 836. The van der Waals surface area contributed by atoms with Crippen molar-refractivity contribution >= 4 is 21.4 Å². The van der Waals surface area contributed by atoms with Gasteiger partial charge in [0.15, 0.2) is 9.84 Å². The Hall–Kier alpha value is -1.60. The molecule has 3 atom stereocenters. The molecular weight excluding hydrogens is 350 g/mol.